The van der Waals surface area contributed by atoms with E-state index in [1.165, 1.54) is 36.8 Å². The second-order valence-corrected chi connectivity index (χ2v) is 12.9. The van der Waals surface area contributed by atoms with Crippen LogP contribution in [0.2, 0.25) is 0 Å². The van der Waals surface area contributed by atoms with Crippen LogP contribution < -0.4 is 0 Å². The Morgan fingerprint density at radius 2 is 1.92 bits per heavy atom. The SMILES string of the molecule is C=C1C(=CC=C2CCC[C@]3(C)[C@@H]([C@H](C)C=C[C@@H](O)C4(c5ccc(CC)cn5)CC4)CC[C@@H]23)C[C@@H](O)C[C@@H]1O. The lowest BCUT2D eigenvalue weighted by Gasteiger charge is -2.44. The van der Waals surface area contributed by atoms with Crippen LogP contribution in [0, 0.1) is 23.2 Å². The summed E-state index contributed by atoms with van der Waals surface area (Å²) in [6, 6.07) is 4.27. The molecule has 7 atom stereocenters. The molecule has 4 saturated carbocycles. The van der Waals surface area contributed by atoms with E-state index in [2.05, 4.69) is 63.8 Å². The monoisotopic (exact) mass is 517 g/mol. The molecule has 0 bridgehead atoms. The first-order valence-corrected chi connectivity index (χ1v) is 14.9. The molecule has 0 spiro atoms. The third-order valence-electron chi connectivity index (χ3n) is 10.6. The van der Waals surface area contributed by atoms with Crippen molar-refractivity contribution >= 4 is 0 Å². The Balaban J connectivity index is 1.28. The molecular formula is C34H47NO3. The first-order valence-electron chi connectivity index (χ1n) is 14.9. The lowest BCUT2D eigenvalue weighted by atomic mass is 9.61. The van der Waals surface area contributed by atoms with Crippen molar-refractivity contribution in [1.29, 1.82) is 0 Å². The van der Waals surface area contributed by atoms with Gasteiger partial charge in [-0.2, -0.15) is 0 Å². The third-order valence-corrected chi connectivity index (χ3v) is 10.6. The number of nitrogens with zero attached hydrogens (tertiary/aromatic N) is 1. The average molecular weight is 518 g/mol. The van der Waals surface area contributed by atoms with Gasteiger partial charge >= 0.3 is 0 Å². The number of aryl methyl sites for hydroxylation is 1. The zero-order valence-corrected chi connectivity index (χ0v) is 23.6. The highest BCUT2D eigenvalue weighted by Crippen LogP contribution is 2.59. The van der Waals surface area contributed by atoms with Gasteiger partial charge in [0.15, 0.2) is 0 Å². The van der Waals surface area contributed by atoms with Gasteiger partial charge in [0.25, 0.3) is 0 Å². The molecule has 5 rings (SSSR count). The maximum absolute atomic E-state index is 11.2. The molecule has 0 radical (unpaired) electrons. The van der Waals surface area contributed by atoms with Crippen molar-refractivity contribution in [3.8, 4) is 0 Å². The van der Waals surface area contributed by atoms with Crippen molar-refractivity contribution < 1.29 is 15.3 Å². The van der Waals surface area contributed by atoms with Gasteiger partial charge in [0.1, 0.15) is 0 Å². The number of pyridine rings is 1. The van der Waals surface area contributed by atoms with Gasteiger partial charge in [0.05, 0.1) is 18.3 Å². The number of hydrogen-bond acceptors (Lipinski definition) is 4. The maximum Gasteiger partial charge on any atom is 0.0832 e. The van der Waals surface area contributed by atoms with E-state index in [0.717, 1.165) is 42.5 Å². The molecule has 4 nitrogen and oxygen atoms in total. The van der Waals surface area contributed by atoms with Crippen LogP contribution in [-0.4, -0.2) is 38.6 Å². The third kappa shape index (κ3) is 5.12. The van der Waals surface area contributed by atoms with Crippen molar-refractivity contribution in [3.05, 3.63) is 77.2 Å². The van der Waals surface area contributed by atoms with E-state index in [4.69, 9.17) is 4.98 Å². The second kappa shape index (κ2) is 10.9. The summed E-state index contributed by atoms with van der Waals surface area (Å²) < 4.78 is 0. The number of rotatable bonds is 7. The molecule has 4 aliphatic rings. The van der Waals surface area contributed by atoms with E-state index in [1.807, 2.05) is 6.20 Å². The first-order chi connectivity index (χ1) is 18.2. The Kier molecular flexibility index (Phi) is 7.88. The highest BCUT2D eigenvalue weighted by atomic mass is 16.3. The minimum Gasteiger partial charge on any atom is -0.393 e. The normalized spacial score (nSPS) is 36.5. The summed E-state index contributed by atoms with van der Waals surface area (Å²) in [6.07, 6.45) is 19.1. The van der Waals surface area contributed by atoms with Crippen LogP contribution in [0.25, 0.3) is 0 Å². The van der Waals surface area contributed by atoms with Crippen LogP contribution in [0.3, 0.4) is 0 Å². The summed E-state index contributed by atoms with van der Waals surface area (Å²) >= 11 is 0. The Hall–Kier alpha value is -2.01. The zero-order valence-electron chi connectivity index (χ0n) is 23.6. The van der Waals surface area contributed by atoms with E-state index in [1.54, 1.807) is 0 Å². The Morgan fingerprint density at radius 1 is 1.13 bits per heavy atom. The molecule has 1 aromatic rings. The van der Waals surface area contributed by atoms with Crippen molar-refractivity contribution in [2.75, 3.05) is 0 Å². The summed E-state index contributed by atoms with van der Waals surface area (Å²) in [4.78, 5) is 4.71. The molecule has 4 heteroatoms. The van der Waals surface area contributed by atoms with Crippen LogP contribution in [0.1, 0.15) is 89.8 Å². The van der Waals surface area contributed by atoms with Crippen LogP contribution in [0.5, 0.6) is 0 Å². The number of aliphatic hydroxyl groups excluding tert-OH is 3. The highest BCUT2D eigenvalue weighted by Gasteiger charge is 2.52. The first kappa shape index (κ1) is 27.6. The van der Waals surface area contributed by atoms with E-state index < -0.39 is 18.3 Å². The van der Waals surface area contributed by atoms with E-state index in [0.29, 0.717) is 30.6 Å². The molecule has 0 unspecified atom stereocenters. The predicted octanol–water partition coefficient (Wildman–Crippen LogP) is 6.37. The van der Waals surface area contributed by atoms with E-state index in [9.17, 15) is 15.3 Å². The van der Waals surface area contributed by atoms with Crippen molar-refractivity contribution in [1.82, 2.24) is 4.98 Å². The van der Waals surface area contributed by atoms with Gasteiger partial charge in [0, 0.05) is 23.7 Å². The van der Waals surface area contributed by atoms with Gasteiger partial charge < -0.3 is 15.3 Å². The molecule has 206 valence electrons. The molecule has 0 saturated heterocycles. The van der Waals surface area contributed by atoms with E-state index in [-0.39, 0.29) is 10.8 Å². The smallest absolute Gasteiger partial charge is 0.0832 e. The fourth-order valence-corrected chi connectivity index (χ4v) is 7.97. The topological polar surface area (TPSA) is 73.6 Å². The fraction of sp³-hybridized carbons (Fsp3) is 0.618. The van der Waals surface area contributed by atoms with Crippen LogP contribution >= 0.6 is 0 Å². The summed E-state index contributed by atoms with van der Waals surface area (Å²) in [5, 5.41) is 31.6. The van der Waals surface area contributed by atoms with E-state index >= 15 is 0 Å². The molecule has 0 aromatic carbocycles. The van der Waals surface area contributed by atoms with Gasteiger partial charge in [-0.15, -0.1) is 0 Å². The van der Waals surface area contributed by atoms with Gasteiger partial charge in [-0.25, -0.2) is 0 Å². The zero-order chi connectivity index (χ0) is 27.1. The predicted molar refractivity (Wildman–Crippen MR) is 154 cm³/mol. The minimum atomic E-state index is -0.639. The summed E-state index contributed by atoms with van der Waals surface area (Å²) in [5.41, 5.74) is 5.59. The summed E-state index contributed by atoms with van der Waals surface area (Å²) in [6.45, 7) is 11.1. The van der Waals surface area contributed by atoms with Gasteiger partial charge in [-0.05, 0) is 104 Å². The molecule has 4 aliphatic carbocycles. The largest absolute Gasteiger partial charge is 0.393 e. The molecule has 4 fully saturated rings. The Morgan fingerprint density at radius 3 is 2.61 bits per heavy atom. The van der Waals surface area contributed by atoms with Crippen molar-refractivity contribution in [3.63, 3.8) is 0 Å². The standard InChI is InChI=1S/C34H47NO3/c1-5-24-9-14-31(35-21-24)34(17-18-34)32(38)15-8-22(2)28-12-13-29-25(7-6-16-33(28,29)4)10-11-26-19-27(36)20-30(37)23(26)3/h8-11,14-15,21-22,27-30,32,36-38H,3,5-7,12-13,16-20H2,1-2,4H3/t22-,27-,28-,29+,30+,32-,33-/m1/s1. The number of fused-ring (bicyclic) bond motifs is 1. The van der Waals surface area contributed by atoms with Crippen LogP contribution in [0.15, 0.2) is 65.9 Å². The van der Waals surface area contributed by atoms with Crippen molar-refractivity contribution in [2.24, 2.45) is 23.2 Å². The number of allylic oxidation sites excluding steroid dienone is 4. The van der Waals surface area contributed by atoms with Gasteiger partial charge in [-0.3, -0.25) is 4.98 Å². The Bertz CT molecular complexity index is 1110. The molecular weight excluding hydrogens is 470 g/mol. The van der Waals surface area contributed by atoms with Gasteiger partial charge in [-0.1, -0.05) is 63.3 Å². The highest BCUT2D eigenvalue weighted by molar-refractivity contribution is 5.39. The minimum absolute atomic E-state index is 0.205. The average Bonchev–Trinajstić information content (AvgIpc) is 3.64. The summed E-state index contributed by atoms with van der Waals surface area (Å²) in [7, 11) is 0. The quantitative estimate of drug-likeness (QED) is 0.368. The van der Waals surface area contributed by atoms with Crippen LogP contribution in [0.4, 0.5) is 0 Å². The number of hydrogen-bond donors (Lipinski definition) is 3. The Labute approximate surface area is 229 Å². The molecule has 0 aliphatic heterocycles. The lowest BCUT2D eigenvalue weighted by Crippen LogP contribution is -2.35. The lowest BCUT2D eigenvalue weighted by molar-refractivity contribution is 0.0862. The molecule has 3 N–H and O–H groups in total. The van der Waals surface area contributed by atoms with Gasteiger partial charge in [0.2, 0.25) is 0 Å². The molecule has 1 heterocycles. The second-order valence-electron chi connectivity index (χ2n) is 12.9. The number of aliphatic hydroxyl groups is 3. The maximum atomic E-state index is 11.2. The number of aromatic nitrogens is 1. The van der Waals surface area contributed by atoms with Crippen molar-refractivity contribution in [2.45, 2.75) is 109 Å². The summed E-state index contributed by atoms with van der Waals surface area (Å²) in [5.74, 6) is 1.58. The fourth-order valence-electron chi connectivity index (χ4n) is 7.97. The van der Waals surface area contributed by atoms with Crippen LogP contribution in [-0.2, 0) is 11.8 Å². The molecule has 1 aromatic heterocycles. The molecule has 0 amide bonds. The molecule has 38 heavy (non-hydrogen) atoms.